The van der Waals surface area contributed by atoms with Crippen molar-refractivity contribution in [3.8, 4) is 18.1 Å². The van der Waals surface area contributed by atoms with E-state index < -0.39 is 0 Å². The van der Waals surface area contributed by atoms with E-state index in [1.807, 2.05) is 0 Å². The normalized spacial score (nSPS) is 9.27. The molecule has 1 rings (SSSR count). The summed E-state index contributed by atoms with van der Waals surface area (Å²) in [5.74, 6) is 2.52. The largest absolute Gasteiger partial charge is 0.508 e. The molecule has 1 aromatic carbocycles. The summed E-state index contributed by atoms with van der Waals surface area (Å²) in [4.78, 5) is 11.2. The number of phenols is 1. The number of phenolic OH excluding ortho intramolecular Hbond substituents is 1. The predicted octanol–water partition coefficient (Wildman–Crippen LogP) is 1.07. The van der Waals surface area contributed by atoms with Gasteiger partial charge >= 0.3 is 0 Å². The van der Waals surface area contributed by atoms with Crippen molar-refractivity contribution < 1.29 is 9.90 Å². The van der Waals surface area contributed by atoms with Crippen molar-refractivity contribution in [2.45, 2.75) is 12.8 Å². The van der Waals surface area contributed by atoms with Crippen LogP contribution in [0.25, 0.3) is 0 Å². The topological polar surface area (TPSA) is 49.3 Å². The molecule has 0 spiro atoms. The first-order valence-electron chi connectivity index (χ1n) is 4.70. The maximum Gasteiger partial charge on any atom is 0.221 e. The van der Waals surface area contributed by atoms with Gasteiger partial charge in [-0.15, -0.1) is 6.42 Å². The summed E-state index contributed by atoms with van der Waals surface area (Å²) in [7, 11) is 0. The molecular weight excluding hydrogens is 190 g/mol. The molecule has 0 radical (unpaired) electrons. The summed E-state index contributed by atoms with van der Waals surface area (Å²) in [6.45, 7) is 0.272. The van der Waals surface area contributed by atoms with Crippen LogP contribution in [0.3, 0.4) is 0 Å². The third-order valence-electron chi connectivity index (χ3n) is 1.96. The zero-order valence-electron chi connectivity index (χ0n) is 8.36. The second kappa shape index (κ2) is 5.71. The first-order valence-corrected chi connectivity index (χ1v) is 4.70. The van der Waals surface area contributed by atoms with Gasteiger partial charge in [0.1, 0.15) is 5.75 Å². The summed E-state index contributed by atoms with van der Waals surface area (Å²) in [6.07, 6.45) is 6.07. The third-order valence-corrected chi connectivity index (χ3v) is 1.96. The van der Waals surface area contributed by atoms with Gasteiger partial charge in [-0.25, -0.2) is 0 Å². The Morgan fingerprint density at radius 1 is 1.40 bits per heavy atom. The SMILES string of the molecule is C#CCNC(=O)CCc1ccc(O)cc1. The van der Waals surface area contributed by atoms with Crippen molar-refractivity contribution in [3.63, 3.8) is 0 Å². The Labute approximate surface area is 89.1 Å². The summed E-state index contributed by atoms with van der Waals surface area (Å²) in [5, 5.41) is 11.6. The summed E-state index contributed by atoms with van der Waals surface area (Å²) in [6, 6.07) is 6.80. The second-order valence-electron chi connectivity index (χ2n) is 3.15. The number of terminal acetylenes is 1. The van der Waals surface area contributed by atoms with Crippen LogP contribution in [0.1, 0.15) is 12.0 Å². The molecule has 78 valence electrons. The monoisotopic (exact) mass is 203 g/mol. The molecule has 2 N–H and O–H groups in total. The predicted molar refractivity (Wildman–Crippen MR) is 58.3 cm³/mol. The van der Waals surface area contributed by atoms with Crippen LogP contribution < -0.4 is 5.32 Å². The number of hydrogen-bond acceptors (Lipinski definition) is 2. The second-order valence-corrected chi connectivity index (χ2v) is 3.15. The van der Waals surface area contributed by atoms with Crippen LogP contribution in [0.5, 0.6) is 5.75 Å². The smallest absolute Gasteiger partial charge is 0.221 e. The Hall–Kier alpha value is -1.95. The molecule has 0 bridgehead atoms. The highest BCUT2D eigenvalue weighted by atomic mass is 16.3. The van der Waals surface area contributed by atoms with E-state index in [0.29, 0.717) is 12.8 Å². The molecule has 0 aliphatic rings. The highest BCUT2D eigenvalue weighted by Crippen LogP contribution is 2.10. The molecule has 3 nitrogen and oxygen atoms in total. The lowest BCUT2D eigenvalue weighted by Crippen LogP contribution is -2.23. The summed E-state index contributed by atoms with van der Waals surface area (Å²) >= 11 is 0. The van der Waals surface area contributed by atoms with Gasteiger partial charge in [-0.3, -0.25) is 4.79 Å². The van der Waals surface area contributed by atoms with E-state index in [9.17, 15) is 4.79 Å². The van der Waals surface area contributed by atoms with Crippen molar-refractivity contribution in [1.29, 1.82) is 0 Å². The lowest BCUT2D eigenvalue weighted by atomic mass is 10.1. The van der Waals surface area contributed by atoms with Crippen molar-refractivity contribution in [2.75, 3.05) is 6.54 Å². The number of carbonyl (C=O) groups is 1. The molecule has 0 aliphatic heterocycles. The van der Waals surface area contributed by atoms with Gasteiger partial charge in [0.25, 0.3) is 0 Å². The zero-order chi connectivity index (χ0) is 11.1. The third kappa shape index (κ3) is 4.19. The van der Waals surface area contributed by atoms with E-state index in [1.54, 1.807) is 24.3 Å². The fraction of sp³-hybridized carbons (Fsp3) is 0.250. The van der Waals surface area contributed by atoms with E-state index in [0.717, 1.165) is 5.56 Å². The molecule has 0 heterocycles. The van der Waals surface area contributed by atoms with Gasteiger partial charge in [0, 0.05) is 6.42 Å². The number of carbonyl (C=O) groups excluding carboxylic acids is 1. The molecule has 15 heavy (non-hydrogen) atoms. The van der Waals surface area contributed by atoms with Crippen molar-refractivity contribution >= 4 is 5.91 Å². The maximum atomic E-state index is 11.2. The van der Waals surface area contributed by atoms with Gasteiger partial charge in [-0.2, -0.15) is 0 Å². The number of nitrogens with one attached hydrogen (secondary N) is 1. The number of amides is 1. The minimum atomic E-state index is -0.0546. The van der Waals surface area contributed by atoms with Crippen molar-refractivity contribution in [2.24, 2.45) is 0 Å². The van der Waals surface area contributed by atoms with Crippen LogP contribution in [-0.2, 0) is 11.2 Å². The molecule has 1 aromatic rings. The lowest BCUT2D eigenvalue weighted by Gasteiger charge is -2.02. The Kier molecular flexibility index (Phi) is 4.24. The number of hydrogen-bond donors (Lipinski definition) is 2. The zero-order valence-corrected chi connectivity index (χ0v) is 8.36. The van der Waals surface area contributed by atoms with Gasteiger partial charge < -0.3 is 10.4 Å². The first-order chi connectivity index (χ1) is 7.22. The molecule has 0 unspecified atom stereocenters. The molecule has 1 amide bonds. The van der Waals surface area contributed by atoms with E-state index in [4.69, 9.17) is 11.5 Å². The Balaban J connectivity index is 2.34. The van der Waals surface area contributed by atoms with Crippen LogP contribution >= 0.6 is 0 Å². The average molecular weight is 203 g/mol. The molecule has 0 saturated heterocycles. The minimum Gasteiger partial charge on any atom is -0.508 e. The Morgan fingerprint density at radius 2 is 2.07 bits per heavy atom. The fourth-order valence-electron chi connectivity index (χ4n) is 1.16. The number of benzene rings is 1. The van der Waals surface area contributed by atoms with E-state index in [1.165, 1.54) is 0 Å². The van der Waals surface area contributed by atoms with Crippen molar-refractivity contribution in [3.05, 3.63) is 29.8 Å². The number of aromatic hydroxyl groups is 1. The van der Waals surface area contributed by atoms with E-state index in [-0.39, 0.29) is 18.2 Å². The Bertz CT molecular complexity index is 362. The summed E-state index contributed by atoms with van der Waals surface area (Å²) in [5.41, 5.74) is 1.02. The first kappa shape index (κ1) is 11.1. The molecule has 0 aromatic heterocycles. The fourth-order valence-corrected chi connectivity index (χ4v) is 1.16. The highest BCUT2D eigenvalue weighted by molar-refractivity contribution is 5.76. The lowest BCUT2D eigenvalue weighted by molar-refractivity contribution is -0.120. The van der Waals surface area contributed by atoms with Crippen molar-refractivity contribution in [1.82, 2.24) is 5.32 Å². The molecular formula is C12H13NO2. The highest BCUT2D eigenvalue weighted by Gasteiger charge is 2.00. The maximum absolute atomic E-state index is 11.2. The van der Waals surface area contributed by atoms with Crippen LogP contribution in [0.2, 0.25) is 0 Å². The molecule has 0 fully saturated rings. The number of aryl methyl sites for hydroxylation is 1. The standard InChI is InChI=1S/C12H13NO2/c1-2-9-13-12(15)8-5-10-3-6-11(14)7-4-10/h1,3-4,6-7,14H,5,8-9H2,(H,13,15). The van der Waals surface area contributed by atoms with Gasteiger partial charge in [0.05, 0.1) is 6.54 Å². The van der Waals surface area contributed by atoms with Crippen LogP contribution in [0.15, 0.2) is 24.3 Å². The van der Waals surface area contributed by atoms with E-state index in [2.05, 4.69) is 11.2 Å². The summed E-state index contributed by atoms with van der Waals surface area (Å²) < 4.78 is 0. The van der Waals surface area contributed by atoms with E-state index >= 15 is 0 Å². The Morgan fingerprint density at radius 3 is 2.67 bits per heavy atom. The van der Waals surface area contributed by atoms with Gasteiger partial charge in [0.15, 0.2) is 0 Å². The van der Waals surface area contributed by atoms with Gasteiger partial charge in [-0.05, 0) is 24.1 Å². The van der Waals surface area contributed by atoms with Gasteiger partial charge in [0.2, 0.25) is 5.91 Å². The number of rotatable bonds is 4. The molecule has 3 heteroatoms. The minimum absolute atomic E-state index is 0.0546. The van der Waals surface area contributed by atoms with Crippen LogP contribution in [0.4, 0.5) is 0 Å². The average Bonchev–Trinajstić information content (AvgIpc) is 2.25. The van der Waals surface area contributed by atoms with Crippen LogP contribution in [0, 0.1) is 12.3 Å². The molecule has 0 aliphatic carbocycles. The van der Waals surface area contributed by atoms with Gasteiger partial charge in [-0.1, -0.05) is 18.1 Å². The molecule has 0 saturated carbocycles. The quantitative estimate of drug-likeness (QED) is 0.719. The molecule has 0 atom stereocenters. The van der Waals surface area contributed by atoms with Crippen LogP contribution in [-0.4, -0.2) is 17.6 Å².